The van der Waals surface area contributed by atoms with E-state index in [2.05, 4.69) is 10.3 Å². The highest BCUT2D eigenvalue weighted by Crippen LogP contribution is 2.20. The maximum absolute atomic E-state index is 11.9. The van der Waals surface area contributed by atoms with Gasteiger partial charge in [0, 0.05) is 16.1 Å². The molecule has 0 radical (unpaired) electrons. The molecule has 1 aromatic carbocycles. The van der Waals surface area contributed by atoms with Gasteiger partial charge in [0.15, 0.2) is 0 Å². The maximum atomic E-state index is 11.9. The van der Waals surface area contributed by atoms with Crippen molar-refractivity contribution >= 4 is 46.1 Å². The molecule has 0 saturated carbocycles. The van der Waals surface area contributed by atoms with E-state index in [1.165, 1.54) is 11.3 Å². The fraction of sp³-hybridized carbons (Fsp3) is 0.231. The number of amides is 1. The molecule has 1 heterocycles. The minimum absolute atomic E-state index is 0.0964. The lowest BCUT2D eigenvalue weighted by Crippen LogP contribution is -2.15. The third kappa shape index (κ3) is 3.93. The zero-order valence-corrected chi connectivity index (χ0v) is 12.6. The number of alkyl halides is 1. The van der Waals surface area contributed by atoms with Crippen LogP contribution in [-0.4, -0.2) is 10.9 Å². The van der Waals surface area contributed by atoms with Crippen molar-refractivity contribution in [3.63, 3.8) is 0 Å². The van der Waals surface area contributed by atoms with Crippen LogP contribution in [0.5, 0.6) is 0 Å². The Morgan fingerprint density at radius 1 is 1.47 bits per heavy atom. The van der Waals surface area contributed by atoms with Gasteiger partial charge in [-0.1, -0.05) is 11.6 Å². The van der Waals surface area contributed by atoms with E-state index in [0.29, 0.717) is 10.9 Å². The molecule has 0 atom stereocenters. The number of aromatic nitrogens is 1. The van der Waals surface area contributed by atoms with Crippen LogP contribution in [0.1, 0.15) is 16.3 Å². The van der Waals surface area contributed by atoms with Gasteiger partial charge in [0.05, 0.1) is 18.0 Å². The van der Waals surface area contributed by atoms with E-state index in [4.69, 9.17) is 23.2 Å². The van der Waals surface area contributed by atoms with E-state index in [1.807, 2.05) is 18.4 Å². The van der Waals surface area contributed by atoms with Gasteiger partial charge in [-0.15, -0.1) is 22.9 Å². The predicted molar refractivity (Wildman–Crippen MR) is 80.2 cm³/mol. The first-order valence-corrected chi connectivity index (χ1v) is 7.43. The predicted octanol–water partition coefficient (Wildman–Crippen LogP) is 4.02. The van der Waals surface area contributed by atoms with E-state index in [1.54, 1.807) is 12.1 Å². The monoisotopic (exact) mass is 314 g/mol. The minimum atomic E-state index is -0.0964. The zero-order chi connectivity index (χ0) is 13.8. The zero-order valence-electron chi connectivity index (χ0n) is 10.2. The topological polar surface area (TPSA) is 42.0 Å². The van der Waals surface area contributed by atoms with Crippen LogP contribution in [0.4, 0.5) is 5.69 Å². The second kappa shape index (κ2) is 6.37. The molecule has 6 heteroatoms. The first-order chi connectivity index (χ1) is 9.08. The first kappa shape index (κ1) is 14.3. The van der Waals surface area contributed by atoms with E-state index in [0.717, 1.165) is 22.0 Å². The Balaban J connectivity index is 2.01. The van der Waals surface area contributed by atoms with Crippen LogP contribution < -0.4 is 5.32 Å². The second-order valence-corrected chi connectivity index (χ2v) is 5.70. The highest BCUT2D eigenvalue weighted by molar-refractivity contribution is 7.09. The third-order valence-corrected chi connectivity index (χ3v) is 3.92. The Bertz CT molecular complexity index is 598. The van der Waals surface area contributed by atoms with Crippen molar-refractivity contribution in [2.45, 2.75) is 19.2 Å². The van der Waals surface area contributed by atoms with Gasteiger partial charge in [0.2, 0.25) is 5.91 Å². The second-order valence-electron chi connectivity index (χ2n) is 4.05. The molecule has 0 aliphatic rings. The van der Waals surface area contributed by atoms with Gasteiger partial charge in [-0.25, -0.2) is 4.98 Å². The summed E-state index contributed by atoms with van der Waals surface area (Å²) < 4.78 is 0. The molecule has 1 N–H and O–H groups in total. The van der Waals surface area contributed by atoms with Crippen molar-refractivity contribution in [1.82, 2.24) is 4.98 Å². The van der Waals surface area contributed by atoms with Crippen LogP contribution in [0.3, 0.4) is 0 Å². The largest absolute Gasteiger partial charge is 0.325 e. The van der Waals surface area contributed by atoms with Crippen LogP contribution in [0.25, 0.3) is 0 Å². The molecule has 0 unspecified atom stereocenters. The molecule has 0 spiro atoms. The van der Waals surface area contributed by atoms with Gasteiger partial charge in [-0.3, -0.25) is 4.79 Å². The Morgan fingerprint density at radius 3 is 2.89 bits per heavy atom. The van der Waals surface area contributed by atoms with E-state index >= 15 is 0 Å². The summed E-state index contributed by atoms with van der Waals surface area (Å²) in [4.78, 5) is 16.2. The summed E-state index contributed by atoms with van der Waals surface area (Å²) in [5.74, 6) is 0.273. The van der Waals surface area contributed by atoms with Crippen LogP contribution in [-0.2, 0) is 17.1 Å². The third-order valence-electron chi connectivity index (χ3n) is 2.51. The van der Waals surface area contributed by atoms with Crippen molar-refractivity contribution in [1.29, 1.82) is 0 Å². The smallest absolute Gasteiger partial charge is 0.231 e. The summed E-state index contributed by atoms with van der Waals surface area (Å²) in [5.41, 5.74) is 2.50. The van der Waals surface area contributed by atoms with Gasteiger partial charge in [0.1, 0.15) is 5.01 Å². The van der Waals surface area contributed by atoms with Crippen LogP contribution in [0.15, 0.2) is 23.6 Å². The molecule has 0 aliphatic heterocycles. The highest BCUT2D eigenvalue weighted by atomic mass is 35.5. The Labute approximate surface area is 125 Å². The number of benzene rings is 1. The SMILES string of the molecule is Cc1cc(Cl)ccc1NC(=O)Cc1nc(CCl)cs1. The Kier molecular flexibility index (Phi) is 4.80. The number of hydrogen-bond donors (Lipinski definition) is 1. The summed E-state index contributed by atoms with van der Waals surface area (Å²) in [6.45, 7) is 1.90. The van der Waals surface area contributed by atoms with Crippen molar-refractivity contribution in [2.75, 3.05) is 5.32 Å². The molecule has 0 saturated heterocycles. The minimum Gasteiger partial charge on any atom is -0.325 e. The molecule has 1 aromatic heterocycles. The number of carbonyl (C=O) groups excluding carboxylic acids is 1. The first-order valence-electron chi connectivity index (χ1n) is 5.63. The standard InChI is InChI=1S/C13H12Cl2N2OS/c1-8-4-9(15)2-3-11(8)17-12(18)5-13-16-10(6-14)7-19-13/h2-4,7H,5-6H2,1H3,(H,17,18). The van der Waals surface area contributed by atoms with Gasteiger partial charge < -0.3 is 5.32 Å². The quantitative estimate of drug-likeness (QED) is 0.866. The average molecular weight is 315 g/mol. The number of hydrogen-bond acceptors (Lipinski definition) is 3. The number of rotatable bonds is 4. The summed E-state index contributed by atoms with van der Waals surface area (Å²) in [6.07, 6.45) is 0.254. The van der Waals surface area contributed by atoms with Gasteiger partial charge in [-0.2, -0.15) is 0 Å². The van der Waals surface area contributed by atoms with Gasteiger partial charge in [0.25, 0.3) is 0 Å². The maximum Gasteiger partial charge on any atom is 0.231 e. The molecule has 19 heavy (non-hydrogen) atoms. The van der Waals surface area contributed by atoms with Crippen molar-refractivity contribution in [3.8, 4) is 0 Å². The number of anilines is 1. The molecule has 3 nitrogen and oxygen atoms in total. The molecule has 2 aromatic rings. The lowest BCUT2D eigenvalue weighted by Gasteiger charge is -2.07. The van der Waals surface area contributed by atoms with E-state index in [9.17, 15) is 4.79 Å². The van der Waals surface area contributed by atoms with Crippen LogP contribution in [0.2, 0.25) is 5.02 Å². The Morgan fingerprint density at radius 2 is 2.26 bits per heavy atom. The van der Waals surface area contributed by atoms with Crippen molar-refractivity contribution < 1.29 is 4.79 Å². The lowest BCUT2D eigenvalue weighted by atomic mass is 10.2. The molecule has 100 valence electrons. The summed E-state index contributed by atoms with van der Waals surface area (Å²) >= 11 is 13.0. The average Bonchev–Trinajstić information content (AvgIpc) is 2.80. The molecule has 0 bridgehead atoms. The number of thiazole rings is 1. The van der Waals surface area contributed by atoms with Crippen LogP contribution >= 0.6 is 34.5 Å². The number of carbonyl (C=O) groups is 1. The van der Waals surface area contributed by atoms with Crippen molar-refractivity contribution in [3.05, 3.63) is 44.9 Å². The summed E-state index contributed by atoms with van der Waals surface area (Å²) in [7, 11) is 0. The van der Waals surface area contributed by atoms with E-state index in [-0.39, 0.29) is 12.3 Å². The molecule has 1 amide bonds. The van der Waals surface area contributed by atoms with Crippen molar-refractivity contribution in [2.24, 2.45) is 0 Å². The number of aryl methyl sites for hydroxylation is 1. The normalized spacial score (nSPS) is 10.5. The van der Waals surface area contributed by atoms with Gasteiger partial charge >= 0.3 is 0 Å². The number of nitrogens with zero attached hydrogens (tertiary/aromatic N) is 1. The molecule has 0 aliphatic carbocycles. The highest BCUT2D eigenvalue weighted by Gasteiger charge is 2.09. The number of halogens is 2. The molecule has 0 fully saturated rings. The lowest BCUT2D eigenvalue weighted by molar-refractivity contribution is -0.115. The molecule has 2 rings (SSSR count). The van der Waals surface area contributed by atoms with Gasteiger partial charge in [-0.05, 0) is 30.7 Å². The number of nitrogens with one attached hydrogen (secondary N) is 1. The Hall–Kier alpha value is -1.10. The summed E-state index contributed by atoms with van der Waals surface area (Å²) in [6, 6.07) is 5.35. The fourth-order valence-corrected chi connectivity index (χ4v) is 2.84. The van der Waals surface area contributed by atoms with E-state index < -0.39 is 0 Å². The summed E-state index contributed by atoms with van der Waals surface area (Å²) in [5, 5.41) is 6.13. The molecular weight excluding hydrogens is 303 g/mol. The molecular formula is C13H12Cl2N2OS. The fourth-order valence-electron chi connectivity index (χ4n) is 1.59. The van der Waals surface area contributed by atoms with Crippen LogP contribution in [0, 0.1) is 6.92 Å².